The van der Waals surface area contributed by atoms with Crippen molar-refractivity contribution < 1.29 is 28.7 Å². The Morgan fingerprint density at radius 1 is 0.727 bits per heavy atom. The molecular weight excluding hydrogens is 422 g/mol. The van der Waals surface area contributed by atoms with E-state index in [1.807, 2.05) is 24.3 Å². The van der Waals surface area contributed by atoms with E-state index in [4.69, 9.17) is 9.47 Å². The monoisotopic (exact) mass is 443 g/mol. The van der Waals surface area contributed by atoms with Crippen LogP contribution in [0.25, 0.3) is 0 Å². The quantitative estimate of drug-likeness (QED) is 0.391. The Labute approximate surface area is 190 Å². The summed E-state index contributed by atoms with van der Waals surface area (Å²) in [5, 5.41) is 0. The Morgan fingerprint density at radius 2 is 1.27 bits per heavy atom. The molecule has 7 heteroatoms. The van der Waals surface area contributed by atoms with Gasteiger partial charge in [-0.2, -0.15) is 0 Å². The summed E-state index contributed by atoms with van der Waals surface area (Å²) >= 11 is 0. The van der Waals surface area contributed by atoms with Crippen LogP contribution in [0.5, 0.6) is 0 Å². The standard InChI is InChI=1S/C26H21NO6/c28-23(32-16-18-9-3-1-4-10-18)15-22(26(31)33-17-19-11-5-2-6-12-19)27-21-14-8-7-13-20(21)24(29)25(27)30/h1-14,22H,15-17H2. The van der Waals surface area contributed by atoms with Gasteiger partial charge in [0.25, 0.3) is 11.7 Å². The molecule has 0 aromatic heterocycles. The molecule has 0 N–H and O–H groups in total. The maximum Gasteiger partial charge on any atom is 0.330 e. The first-order valence-electron chi connectivity index (χ1n) is 10.4. The molecule has 33 heavy (non-hydrogen) atoms. The number of hydrogen-bond donors (Lipinski definition) is 0. The number of fused-ring (bicyclic) bond motifs is 1. The van der Waals surface area contributed by atoms with Gasteiger partial charge >= 0.3 is 11.9 Å². The van der Waals surface area contributed by atoms with Crippen molar-refractivity contribution in [2.24, 2.45) is 0 Å². The fourth-order valence-electron chi connectivity index (χ4n) is 3.58. The number of amides is 1. The Hall–Kier alpha value is -4.26. The largest absolute Gasteiger partial charge is 0.461 e. The second kappa shape index (κ2) is 9.91. The van der Waals surface area contributed by atoms with E-state index in [-0.39, 0.29) is 24.5 Å². The van der Waals surface area contributed by atoms with Crippen LogP contribution in [0.2, 0.25) is 0 Å². The number of carbonyl (C=O) groups is 4. The van der Waals surface area contributed by atoms with Gasteiger partial charge in [-0.3, -0.25) is 19.3 Å². The number of ether oxygens (including phenoxy) is 2. The number of carbonyl (C=O) groups excluding carboxylic acids is 4. The van der Waals surface area contributed by atoms with Crippen LogP contribution in [0, 0.1) is 0 Å². The van der Waals surface area contributed by atoms with Crippen molar-refractivity contribution in [3.05, 3.63) is 102 Å². The van der Waals surface area contributed by atoms with Gasteiger partial charge in [0.15, 0.2) is 0 Å². The number of hydrogen-bond acceptors (Lipinski definition) is 6. The number of rotatable bonds is 8. The van der Waals surface area contributed by atoms with Crippen molar-refractivity contribution >= 4 is 29.3 Å². The molecule has 1 atom stereocenters. The highest BCUT2D eigenvalue weighted by Crippen LogP contribution is 2.32. The highest BCUT2D eigenvalue weighted by Gasteiger charge is 2.44. The van der Waals surface area contributed by atoms with Gasteiger partial charge in [-0.05, 0) is 23.3 Å². The summed E-state index contributed by atoms with van der Waals surface area (Å²) in [6, 6.07) is 23.1. The number of para-hydroxylation sites is 1. The topological polar surface area (TPSA) is 90.0 Å². The van der Waals surface area contributed by atoms with E-state index < -0.39 is 36.1 Å². The Kier molecular flexibility index (Phi) is 6.59. The second-order valence-electron chi connectivity index (χ2n) is 7.48. The fraction of sp³-hybridized carbons (Fsp3) is 0.154. The number of esters is 2. The molecule has 0 fully saturated rings. The lowest BCUT2D eigenvalue weighted by Crippen LogP contribution is -2.46. The van der Waals surface area contributed by atoms with E-state index in [9.17, 15) is 19.2 Å². The van der Waals surface area contributed by atoms with Gasteiger partial charge < -0.3 is 9.47 Å². The fourth-order valence-corrected chi connectivity index (χ4v) is 3.58. The molecule has 166 valence electrons. The normalized spacial score (nSPS) is 13.4. The lowest BCUT2D eigenvalue weighted by Gasteiger charge is -2.25. The molecule has 0 saturated carbocycles. The zero-order valence-electron chi connectivity index (χ0n) is 17.7. The average molecular weight is 443 g/mol. The molecule has 4 rings (SSSR count). The minimum absolute atomic E-state index is 0.0227. The smallest absolute Gasteiger partial charge is 0.330 e. The molecule has 3 aromatic rings. The molecule has 1 unspecified atom stereocenters. The van der Waals surface area contributed by atoms with Crippen LogP contribution >= 0.6 is 0 Å². The lowest BCUT2D eigenvalue weighted by atomic mass is 10.1. The lowest BCUT2D eigenvalue weighted by molar-refractivity contribution is -0.153. The van der Waals surface area contributed by atoms with Crippen molar-refractivity contribution in [3.8, 4) is 0 Å². The van der Waals surface area contributed by atoms with Crippen LogP contribution in [0.3, 0.4) is 0 Å². The Bertz CT molecular complexity index is 1180. The number of benzene rings is 3. The maximum atomic E-state index is 13.0. The van der Waals surface area contributed by atoms with Gasteiger partial charge in [-0.1, -0.05) is 72.8 Å². The first kappa shape index (κ1) is 22.0. The molecule has 1 heterocycles. The van der Waals surface area contributed by atoms with Crippen molar-refractivity contribution in [1.29, 1.82) is 0 Å². The molecule has 0 saturated heterocycles. The number of nitrogens with zero attached hydrogens (tertiary/aromatic N) is 1. The summed E-state index contributed by atoms with van der Waals surface area (Å²) in [4.78, 5) is 51.9. The zero-order chi connectivity index (χ0) is 23.2. The number of Topliss-reactive ketones (excluding diaryl/α,β-unsaturated/α-hetero) is 1. The van der Waals surface area contributed by atoms with Gasteiger partial charge in [0.2, 0.25) is 0 Å². The van der Waals surface area contributed by atoms with Gasteiger partial charge in [0.05, 0.1) is 17.7 Å². The molecular formula is C26H21NO6. The number of ketones is 1. The summed E-state index contributed by atoms with van der Waals surface area (Å²) in [5.74, 6) is -3.10. The predicted molar refractivity (Wildman–Crippen MR) is 119 cm³/mol. The number of anilines is 1. The van der Waals surface area contributed by atoms with Gasteiger partial charge in [0.1, 0.15) is 19.3 Å². The average Bonchev–Trinajstić information content (AvgIpc) is 3.11. The Morgan fingerprint density at radius 3 is 1.91 bits per heavy atom. The maximum absolute atomic E-state index is 13.0. The van der Waals surface area contributed by atoms with Crippen LogP contribution < -0.4 is 4.90 Å². The Balaban J connectivity index is 1.54. The molecule has 0 bridgehead atoms. The van der Waals surface area contributed by atoms with Crippen LogP contribution in [0.15, 0.2) is 84.9 Å². The minimum atomic E-state index is -1.34. The highest BCUT2D eigenvalue weighted by atomic mass is 16.5. The van der Waals surface area contributed by atoms with Crippen LogP contribution in [0.1, 0.15) is 27.9 Å². The molecule has 1 amide bonds. The zero-order valence-corrected chi connectivity index (χ0v) is 17.7. The van der Waals surface area contributed by atoms with E-state index in [1.165, 1.54) is 6.07 Å². The third-order valence-electron chi connectivity index (χ3n) is 5.23. The molecule has 7 nitrogen and oxygen atoms in total. The van der Waals surface area contributed by atoms with Gasteiger partial charge in [-0.15, -0.1) is 0 Å². The van der Waals surface area contributed by atoms with Crippen LogP contribution in [-0.2, 0) is 37.1 Å². The van der Waals surface area contributed by atoms with Crippen molar-refractivity contribution in [3.63, 3.8) is 0 Å². The van der Waals surface area contributed by atoms with Crippen molar-refractivity contribution in [2.75, 3.05) is 4.90 Å². The molecule has 3 aromatic carbocycles. The van der Waals surface area contributed by atoms with Gasteiger partial charge in [-0.25, -0.2) is 4.79 Å². The third kappa shape index (κ3) is 4.98. The second-order valence-corrected chi connectivity index (χ2v) is 7.48. The SMILES string of the molecule is O=C(CC(C(=O)OCc1ccccc1)N1C(=O)C(=O)c2ccccc21)OCc1ccccc1. The van der Waals surface area contributed by atoms with E-state index in [0.29, 0.717) is 0 Å². The van der Waals surface area contributed by atoms with Gasteiger partial charge in [0, 0.05) is 0 Å². The molecule has 1 aliphatic heterocycles. The van der Waals surface area contributed by atoms with E-state index in [2.05, 4.69) is 0 Å². The summed E-state index contributed by atoms with van der Waals surface area (Å²) in [5.41, 5.74) is 1.98. The van der Waals surface area contributed by atoms with E-state index in [1.54, 1.807) is 54.6 Å². The van der Waals surface area contributed by atoms with Crippen molar-refractivity contribution in [2.45, 2.75) is 25.7 Å². The molecule has 0 spiro atoms. The first-order valence-corrected chi connectivity index (χ1v) is 10.4. The van der Waals surface area contributed by atoms with E-state index >= 15 is 0 Å². The molecule has 0 aliphatic carbocycles. The summed E-state index contributed by atoms with van der Waals surface area (Å²) in [6.45, 7) is -0.0121. The third-order valence-corrected chi connectivity index (χ3v) is 5.23. The van der Waals surface area contributed by atoms with E-state index in [0.717, 1.165) is 16.0 Å². The summed E-state index contributed by atoms with van der Waals surface area (Å²) < 4.78 is 10.7. The molecule has 0 radical (unpaired) electrons. The summed E-state index contributed by atoms with van der Waals surface area (Å²) in [6.07, 6.45) is -0.451. The van der Waals surface area contributed by atoms with Crippen LogP contribution in [-0.4, -0.2) is 29.7 Å². The van der Waals surface area contributed by atoms with Crippen molar-refractivity contribution in [1.82, 2.24) is 0 Å². The predicted octanol–water partition coefficient (Wildman–Crippen LogP) is 3.46. The summed E-state index contributed by atoms with van der Waals surface area (Å²) in [7, 11) is 0. The highest BCUT2D eigenvalue weighted by molar-refractivity contribution is 6.52. The molecule has 1 aliphatic rings. The minimum Gasteiger partial charge on any atom is -0.461 e. The first-order chi connectivity index (χ1) is 16.0. The van der Waals surface area contributed by atoms with Crippen LogP contribution in [0.4, 0.5) is 5.69 Å².